The summed E-state index contributed by atoms with van der Waals surface area (Å²) in [6.07, 6.45) is 2.36. The van der Waals surface area contributed by atoms with E-state index in [1.807, 2.05) is 36.4 Å². The van der Waals surface area contributed by atoms with Crippen LogP contribution in [0.1, 0.15) is 43.7 Å². The predicted molar refractivity (Wildman–Crippen MR) is 108 cm³/mol. The van der Waals surface area contributed by atoms with Crippen molar-refractivity contribution in [3.8, 4) is 11.6 Å². The highest BCUT2D eigenvalue weighted by molar-refractivity contribution is 5.77. The number of benzene rings is 1. The first-order valence-corrected chi connectivity index (χ1v) is 9.56. The lowest BCUT2D eigenvalue weighted by Gasteiger charge is -2.36. The first-order chi connectivity index (χ1) is 13.4. The maximum absolute atomic E-state index is 11.9. The molecule has 6 nitrogen and oxygen atoms in total. The summed E-state index contributed by atoms with van der Waals surface area (Å²) in [5.74, 6) is 0.999. The van der Waals surface area contributed by atoms with Crippen molar-refractivity contribution in [2.24, 2.45) is 5.41 Å². The number of hydrogen-bond acceptors (Lipinski definition) is 5. The third-order valence-corrected chi connectivity index (χ3v) is 5.33. The molecule has 0 radical (unpaired) electrons. The molecule has 1 aromatic carbocycles. The van der Waals surface area contributed by atoms with E-state index >= 15 is 0 Å². The monoisotopic (exact) mass is 384 g/mol. The summed E-state index contributed by atoms with van der Waals surface area (Å²) in [6, 6.07) is 11.6. The van der Waals surface area contributed by atoms with E-state index in [1.54, 1.807) is 28.1 Å². The van der Waals surface area contributed by atoms with Gasteiger partial charge in [-0.2, -0.15) is 4.98 Å². The number of hydrogen-bond donors (Lipinski definition) is 1. The minimum Gasteiger partial charge on any atom is -0.481 e. The van der Waals surface area contributed by atoms with E-state index in [2.05, 4.69) is 9.64 Å². The van der Waals surface area contributed by atoms with Crippen LogP contribution in [0.2, 0.25) is 0 Å². The van der Waals surface area contributed by atoms with Gasteiger partial charge in [-0.1, -0.05) is 18.2 Å². The predicted octanol–water partition coefficient (Wildman–Crippen LogP) is 4.29. The SMILES string of the molecule is CC(C)(C(=O)O)C1c2ccccc2Oc2nc(N3CCCC3)ccc21.COC. The number of ether oxygens (including phenoxy) is 2. The maximum atomic E-state index is 11.9. The topological polar surface area (TPSA) is 71.9 Å². The molecule has 2 aliphatic rings. The molecule has 0 spiro atoms. The van der Waals surface area contributed by atoms with Crippen molar-refractivity contribution in [1.82, 2.24) is 4.98 Å². The Hall–Kier alpha value is -2.60. The first-order valence-electron chi connectivity index (χ1n) is 9.56. The molecule has 0 saturated carbocycles. The van der Waals surface area contributed by atoms with Crippen molar-refractivity contribution in [2.45, 2.75) is 32.6 Å². The van der Waals surface area contributed by atoms with E-state index in [1.165, 1.54) is 12.8 Å². The molecule has 2 aromatic rings. The molecule has 1 unspecified atom stereocenters. The van der Waals surface area contributed by atoms with Gasteiger partial charge in [0, 0.05) is 44.4 Å². The van der Waals surface area contributed by atoms with Crippen molar-refractivity contribution in [2.75, 3.05) is 32.2 Å². The summed E-state index contributed by atoms with van der Waals surface area (Å²) >= 11 is 0. The van der Waals surface area contributed by atoms with Gasteiger partial charge in [0.1, 0.15) is 11.6 Å². The van der Waals surface area contributed by atoms with E-state index in [4.69, 9.17) is 9.72 Å². The van der Waals surface area contributed by atoms with Crippen molar-refractivity contribution < 1.29 is 19.4 Å². The van der Waals surface area contributed by atoms with Crippen LogP contribution in [-0.4, -0.2) is 43.4 Å². The Bertz CT molecular complexity index is 844. The first kappa shape index (κ1) is 20.1. The van der Waals surface area contributed by atoms with Crippen molar-refractivity contribution in [1.29, 1.82) is 0 Å². The molecule has 2 aliphatic heterocycles. The minimum atomic E-state index is -0.967. The normalized spacial score (nSPS) is 17.7. The zero-order valence-corrected chi connectivity index (χ0v) is 16.9. The second-order valence-corrected chi connectivity index (χ2v) is 7.77. The number of nitrogens with zero attached hydrogens (tertiary/aromatic N) is 2. The van der Waals surface area contributed by atoms with E-state index in [0.717, 1.165) is 30.0 Å². The summed E-state index contributed by atoms with van der Waals surface area (Å²) in [5, 5.41) is 9.80. The number of carboxylic acid groups (broad SMARTS) is 1. The summed E-state index contributed by atoms with van der Waals surface area (Å²) in [7, 11) is 3.25. The molecule has 1 N–H and O–H groups in total. The van der Waals surface area contributed by atoms with Gasteiger partial charge in [-0.25, -0.2) is 0 Å². The van der Waals surface area contributed by atoms with Crippen LogP contribution in [0.15, 0.2) is 36.4 Å². The third kappa shape index (κ3) is 3.69. The second kappa shape index (κ2) is 8.19. The highest BCUT2D eigenvalue weighted by Crippen LogP contribution is 2.51. The summed E-state index contributed by atoms with van der Waals surface area (Å²) in [4.78, 5) is 18.9. The zero-order chi connectivity index (χ0) is 20.3. The van der Waals surface area contributed by atoms with Crippen LogP contribution < -0.4 is 9.64 Å². The smallest absolute Gasteiger partial charge is 0.310 e. The number of para-hydroxylation sites is 1. The van der Waals surface area contributed by atoms with Crippen molar-refractivity contribution in [3.05, 3.63) is 47.5 Å². The Morgan fingerprint density at radius 3 is 2.43 bits per heavy atom. The van der Waals surface area contributed by atoms with Gasteiger partial charge in [0.15, 0.2) is 0 Å². The van der Waals surface area contributed by atoms with Crippen LogP contribution in [0, 0.1) is 5.41 Å². The zero-order valence-electron chi connectivity index (χ0n) is 16.9. The number of carbonyl (C=O) groups is 1. The summed E-state index contributed by atoms with van der Waals surface area (Å²) in [5.41, 5.74) is 0.776. The Morgan fingerprint density at radius 1 is 1.14 bits per heavy atom. The van der Waals surface area contributed by atoms with Gasteiger partial charge in [-0.15, -0.1) is 0 Å². The standard InChI is InChI=1S/C20H22N2O3.C2H6O/c1-20(2,19(23)24)17-13-7-3-4-8-15(13)25-18-14(17)9-10-16(21-18)22-11-5-6-12-22;1-3-2/h3-4,7-10,17H,5-6,11-12H2,1-2H3,(H,23,24);1-2H3. The third-order valence-electron chi connectivity index (χ3n) is 5.33. The van der Waals surface area contributed by atoms with Crippen LogP contribution >= 0.6 is 0 Å². The molecular weight excluding hydrogens is 356 g/mol. The largest absolute Gasteiger partial charge is 0.481 e. The molecule has 4 rings (SSSR count). The average Bonchev–Trinajstić information content (AvgIpc) is 3.20. The van der Waals surface area contributed by atoms with Crippen LogP contribution in [-0.2, 0) is 9.53 Å². The Morgan fingerprint density at radius 2 is 1.79 bits per heavy atom. The molecule has 150 valence electrons. The highest BCUT2D eigenvalue weighted by atomic mass is 16.5. The molecule has 3 heterocycles. The molecule has 1 fully saturated rings. The van der Waals surface area contributed by atoms with Gasteiger partial charge in [0.2, 0.25) is 5.88 Å². The van der Waals surface area contributed by atoms with Crippen LogP contribution in [0.4, 0.5) is 5.82 Å². The molecule has 1 aromatic heterocycles. The average molecular weight is 384 g/mol. The van der Waals surface area contributed by atoms with Gasteiger partial charge < -0.3 is 19.5 Å². The lowest BCUT2D eigenvalue weighted by molar-refractivity contribution is -0.147. The van der Waals surface area contributed by atoms with Crippen molar-refractivity contribution in [3.63, 3.8) is 0 Å². The molecule has 0 aliphatic carbocycles. The molecule has 0 bridgehead atoms. The van der Waals surface area contributed by atoms with E-state index in [9.17, 15) is 9.90 Å². The summed E-state index contributed by atoms with van der Waals surface area (Å²) in [6.45, 7) is 5.54. The number of fused-ring (bicyclic) bond motifs is 2. The van der Waals surface area contributed by atoms with Crippen LogP contribution in [0.5, 0.6) is 11.6 Å². The molecule has 6 heteroatoms. The second-order valence-electron chi connectivity index (χ2n) is 7.77. The maximum Gasteiger partial charge on any atom is 0.310 e. The number of carboxylic acids is 1. The van der Waals surface area contributed by atoms with Crippen LogP contribution in [0.25, 0.3) is 0 Å². The lowest BCUT2D eigenvalue weighted by atomic mass is 9.70. The van der Waals surface area contributed by atoms with Gasteiger partial charge in [-0.05, 0) is 44.9 Å². The van der Waals surface area contributed by atoms with Crippen molar-refractivity contribution >= 4 is 11.8 Å². The fourth-order valence-electron chi connectivity index (χ4n) is 3.85. The van der Waals surface area contributed by atoms with Crippen LogP contribution in [0.3, 0.4) is 0 Å². The molecular formula is C22H28N2O4. The van der Waals surface area contributed by atoms with Gasteiger partial charge in [-0.3, -0.25) is 4.79 Å². The fourth-order valence-corrected chi connectivity index (χ4v) is 3.85. The number of aromatic nitrogens is 1. The molecule has 0 amide bonds. The Balaban J connectivity index is 0.000000706. The Labute approximate surface area is 166 Å². The Kier molecular flexibility index (Phi) is 5.89. The van der Waals surface area contributed by atoms with E-state index in [-0.39, 0.29) is 5.92 Å². The van der Waals surface area contributed by atoms with Gasteiger partial charge in [0.05, 0.1) is 5.41 Å². The number of pyridine rings is 1. The molecule has 1 saturated heterocycles. The minimum absolute atomic E-state index is 0.301. The van der Waals surface area contributed by atoms with Gasteiger partial charge >= 0.3 is 5.97 Å². The number of rotatable bonds is 3. The highest BCUT2D eigenvalue weighted by Gasteiger charge is 2.44. The quantitative estimate of drug-likeness (QED) is 0.851. The fraction of sp³-hybridized carbons (Fsp3) is 0.455. The summed E-state index contributed by atoms with van der Waals surface area (Å²) < 4.78 is 10.3. The van der Waals surface area contributed by atoms with E-state index in [0.29, 0.717) is 11.6 Å². The van der Waals surface area contributed by atoms with Gasteiger partial charge in [0.25, 0.3) is 0 Å². The van der Waals surface area contributed by atoms with E-state index < -0.39 is 11.4 Å². The molecule has 28 heavy (non-hydrogen) atoms. The number of methoxy groups -OCH3 is 1. The molecule has 1 atom stereocenters. The number of aliphatic carboxylic acids is 1. The number of anilines is 1. The lowest BCUT2D eigenvalue weighted by Crippen LogP contribution is -2.34.